The Morgan fingerprint density at radius 3 is 2.71 bits per heavy atom. The number of rotatable bonds is 6. The lowest BCUT2D eigenvalue weighted by Gasteiger charge is -2.17. The molecule has 8 nitrogen and oxygen atoms in total. The van der Waals surface area contributed by atoms with Crippen LogP contribution >= 0.6 is 0 Å². The van der Waals surface area contributed by atoms with Crippen molar-refractivity contribution < 1.29 is 14.6 Å². The number of benzene rings is 1. The molecule has 2 aromatic heterocycles. The third kappa shape index (κ3) is 4.17. The van der Waals surface area contributed by atoms with Gasteiger partial charge in [-0.05, 0) is 30.7 Å². The molecule has 1 amide bonds. The summed E-state index contributed by atoms with van der Waals surface area (Å²) in [4.78, 5) is 29.0. The number of amides is 1. The number of carboxylic acid groups (broad SMARTS) is 1. The molecule has 0 fully saturated rings. The highest BCUT2D eigenvalue weighted by Gasteiger charge is 2.13. The van der Waals surface area contributed by atoms with Crippen LogP contribution in [0.4, 0.5) is 10.5 Å². The van der Waals surface area contributed by atoms with Crippen LogP contribution in [0.2, 0.25) is 0 Å². The van der Waals surface area contributed by atoms with Crippen LogP contribution in [0.1, 0.15) is 18.2 Å². The van der Waals surface area contributed by atoms with Gasteiger partial charge in [0.15, 0.2) is 0 Å². The Morgan fingerprint density at radius 1 is 1.25 bits per heavy atom. The smallest absolute Gasteiger partial charge is 0.411 e. The minimum absolute atomic E-state index is 0.186. The summed E-state index contributed by atoms with van der Waals surface area (Å²) in [6.07, 6.45) is 2.45. The highest BCUT2D eigenvalue weighted by atomic mass is 16.5. The molecule has 0 aliphatic heterocycles. The first-order chi connectivity index (χ1) is 13.5. The summed E-state index contributed by atoms with van der Waals surface area (Å²) in [5, 5.41) is 13.7. The molecular weight excluding hydrogens is 360 g/mol. The van der Waals surface area contributed by atoms with Crippen molar-refractivity contribution in [3.8, 4) is 11.6 Å². The third-order valence-electron chi connectivity index (χ3n) is 4.22. The van der Waals surface area contributed by atoms with Gasteiger partial charge in [-0.25, -0.2) is 14.5 Å². The molecule has 0 unspecified atom stereocenters. The molecule has 0 aliphatic rings. The van der Waals surface area contributed by atoms with Crippen LogP contribution in [-0.4, -0.2) is 39.6 Å². The van der Waals surface area contributed by atoms with Gasteiger partial charge < -0.3 is 9.84 Å². The maximum Gasteiger partial charge on any atom is 0.411 e. The molecule has 0 radical (unpaired) electrons. The van der Waals surface area contributed by atoms with Crippen LogP contribution < -0.4 is 15.1 Å². The van der Waals surface area contributed by atoms with E-state index in [1.807, 2.05) is 6.07 Å². The van der Waals surface area contributed by atoms with Crippen molar-refractivity contribution in [2.45, 2.75) is 13.3 Å². The number of carbonyl (C=O) groups is 1. The second-order valence-electron chi connectivity index (χ2n) is 6.00. The predicted octanol–water partition coefficient (Wildman–Crippen LogP) is 2.73. The SMILES string of the molecule is CCN(C(=O)O)c1cccc(Cc2nn(-c3ccc(OC)nc3)ccc2=O)c1. The van der Waals surface area contributed by atoms with Gasteiger partial charge in [0.1, 0.15) is 5.69 Å². The molecule has 0 atom stereocenters. The van der Waals surface area contributed by atoms with Crippen LogP contribution in [0, 0.1) is 0 Å². The molecule has 2 heterocycles. The van der Waals surface area contributed by atoms with Gasteiger partial charge in [0.25, 0.3) is 0 Å². The molecule has 1 aromatic carbocycles. The monoisotopic (exact) mass is 380 g/mol. The predicted molar refractivity (Wildman–Crippen MR) is 104 cm³/mol. The molecule has 0 saturated carbocycles. The minimum atomic E-state index is -1.02. The zero-order chi connectivity index (χ0) is 20.1. The Bertz CT molecular complexity index is 1030. The quantitative estimate of drug-likeness (QED) is 0.706. The Labute approximate surface area is 161 Å². The first kappa shape index (κ1) is 19.1. The largest absolute Gasteiger partial charge is 0.481 e. The Kier molecular flexibility index (Phi) is 5.69. The van der Waals surface area contributed by atoms with Gasteiger partial charge >= 0.3 is 6.09 Å². The average Bonchev–Trinajstić information content (AvgIpc) is 2.70. The zero-order valence-electron chi connectivity index (χ0n) is 15.6. The number of aromatic nitrogens is 3. The number of pyridine rings is 1. The second kappa shape index (κ2) is 8.34. The second-order valence-corrected chi connectivity index (χ2v) is 6.00. The van der Waals surface area contributed by atoms with Crippen molar-refractivity contribution in [2.24, 2.45) is 0 Å². The standard InChI is InChI=1S/C20H20N4O4/c1-3-23(20(26)27)15-6-4-5-14(11-15)12-17-18(25)9-10-24(22-17)16-7-8-19(28-2)21-13-16/h4-11,13H,3,12H2,1-2H3,(H,26,27). The van der Waals surface area contributed by atoms with E-state index in [0.717, 1.165) is 5.56 Å². The van der Waals surface area contributed by atoms with E-state index in [4.69, 9.17) is 4.74 Å². The molecule has 8 heteroatoms. The average molecular weight is 380 g/mol. The van der Waals surface area contributed by atoms with E-state index >= 15 is 0 Å². The number of hydrogen-bond donors (Lipinski definition) is 1. The van der Waals surface area contributed by atoms with Gasteiger partial charge in [-0.2, -0.15) is 5.10 Å². The normalized spacial score (nSPS) is 10.5. The zero-order valence-corrected chi connectivity index (χ0v) is 15.6. The topological polar surface area (TPSA) is 97.6 Å². The van der Waals surface area contributed by atoms with Crippen LogP contribution in [0.15, 0.2) is 59.7 Å². The maximum atomic E-state index is 12.3. The van der Waals surface area contributed by atoms with E-state index in [1.165, 1.54) is 18.1 Å². The summed E-state index contributed by atoms with van der Waals surface area (Å²) < 4.78 is 6.62. The number of nitrogens with zero attached hydrogens (tertiary/aromatic N) is 4. The number of ether oxygens (including phenoxy) is 1. The van der Waals surface area contributed by atoms with Crippen molar-refractivity contribution >= 4 is 11.8 Å². The van der Waals surface area contributed by atoms with Gasteiger partial charge in [-0.15, -0.1) is 0 Å². The van der Waals surface area contributed by atoms with E-state index in [0.29, 0.717) is 29.5 Å². The first-order valence-electron chi connectivity index (χ1n) is 8.70. The van der Waals surface area contributed by atoms with Crippen molar-refractivity contribution in [2.75, 3.05) is 18.6 Å². The summed E-state index contributed by atoms with van der Waals surface area (Å²) in [7, 11) is 1.54. The fourth-order valence-corrected chi connectivity index (χ4v) is 2.80. The number of anilines is 1. The van der Waals surface area contributed by atoms with E-state index < -0.39 is 6.09 Å². The molecule has 3 rings (SSSR count). The highest BCUT2D eigenvalue weighted by molar-refractivity contribution is 5.86. The van der Waals surface area contributed by atoms with Gasteiger partial charge in [-0.1, -0.05) is 12.1 Å². The number of methoxy groups -OCH3 is 1. The van der Waals surface area contributed by atoms with Gasteiger partial charge in [0, 0.05) is 37.0 Å². The summed E-state index contributed by atoms with van der Waals surface area (Å²) in [5.74, 6) is 0.487. The first-order valence-corrected chi connectivity index (χ1v) is 8.70. The summed E-state index contributed by atoms with van der Waals surface area (Å²) >= 11 is 0. The summed E-state index contributed by atoms with van der Waals surface area (Å²) in [6, 6.07) is 12.0. The van der Waals surface area contributed by atoms with Crippen molar-refractivity contribution in [3.63, 3.8) is 0 Å². The van der Waals surface area contributed by atoms with Gasteiger partial charge in [0.05, 0.1) is 19.0 Å². The molecule has 0 spiro atoms. The Balaban J connectivity index is 1.90. The number of hydrogen-bond acceptors (Lipinski definition) is 5. The van der Waals surface area contributed by atoms with E-state index in [9.17, 15) is 14.7 Å². The van der Waals surface area contributed by atoms with Crippen molar-refractivity contribution in [1.29, 1.82) is 0 Å². The van der Waals surface area contributed by atoms with E-state index in [-0.39, 0.29) is 11.8 Å². The molecule has 0 bridgehead atoms. The molecule has 28 heavy (non-hydrogen) atoms. The van der Waals surface area contributed by atoms with Gasteiger partial charge in [0.2, 0.25) is 11.3 Å². The third-order valence-corrected chi connectivity index (χ3v) is 4.22. The van der Waals surface area contributed by atoms with Crippen molar-refractivity contribution in [1.82, 2.24) is 14.8 Å². The van der Waals surface area contributed by atoms with Crippen LogP contribution in [-0.2, 0) is 6.42 Å². The summed E-state index contributed by atoms with van der Waals surface area (Å²) in [5.41, 5.74) is 2.22. The van der Waals surface area contributed by atoms with Crippen LogP contribution in [0.5, 0.6) is 5.88 Å². The lowest BCUT2D eigenvalue weighted by atomic mass is 10.1. The lowest BCUT2D eigenvalue weighted by molar-refractivity contribution is 0.202. The van der Waals surface area contributed by atoms with Crippen molar-refractivity contribution in [3.05, 3.63) is 76.3 Å². The van der Waals surface area contributed by atoms with E-state index in [1.54, 1.807) is 54.3 Å². The Morgan fingerprint density at radius 2 is 2.07 bits per heavy atom. The fraction of sp³-hybridized carbons (Fsp3) is 0.200. The van der Waals surface area contributed by atoms with E-state index in [2.05, 4.69) is 10.1 Å². The highest BCUT2D eigenvalue weighted by Crippen LogP contribution is 2.18. The molecule has 144 valence electrons. The van der Waals surface area contributed by atoms with Crippen LogP contribution in [0.3, 0.4) is 0 Å². The summed E-state index contributed by atoms with van der Waals surface area (Å²) in [6.45, 7) is 2.10. The molecule has 1 N–H and O–H groups in total. The lowest BCUT2D eigenvalue weighted by Crippen LogP contribution is -2.28. The van der Waals surface area contributed by atoms with Gasteiger partial charge in [-0.3, -0.25) is 9.69 Å². The fourth-order valence-electron chi connectivity index (χ4n) is 2.80. The molecule has 3 aromatic rings. The Hall–Kier alpha value is -3.68. The minimum Gasteiger partial charge on any atom is -0.481 e. The van der Waals surface area contributed by atoms with Crippen LogP contribution in [0.25, 0.3) is 5.69 Å². The molecule has 0 aliphatic carbocycles. The molecule has 0 saturated heterocycles. The molecular formula is C20H20N4O4. The maximum absolute atomic E-state index is 12.3.